The van der Waals surface area contributed by atoms with Gasteiger partial charge in [0.05, 0.1) is 6.04 Å². The van der Waals surface area contributed by atoms with E-state index < -0.39 is 0 Å². The van der Waals surface area contributed by atoms with Gasteiger partial charge in [0, 0.05) is 30.7 Å². The maximum atomic E-state index is 12.6. The first kappa shape index (κ1) is 18.9. The van der Waals surface area contributed by atoms with Crippen molar-refractivity contribution in [2.24, 2.45) is 0 Å². The molecular weight excluding hydrogens is 372 g/mol. The summed E-state index contributed by atoms with van der Waals surface area (Å²) in [5.41, 5.74) is 3.88. The Labute approximate surface area is 168 Å². The lowest BCUT2D eigenvalue weighted by atomic mass is 9.89. The Morgan fingerprint density at radius 3 is 2.50 bits per heavy atom. The number of likely N-dealkylation sites (tertiary alicyclic amines) is 1. The van der Waals surface area contributed by atoms with Crippen LogP contribution in [0.4, 0.5) is 0 Å². The monoisotopic (exact) mass is 396 g/mol. The van der Waals surface area contributed by atoms with E-state index in [0.29, 0.717) is 0 Å². The number of aryl methyl sites for hydroxylation is 2. The molecule has 2 heterocycles. The highest BCUT2D eigenvalue weighted by molar-refractivity contribution is 7.10. The zero-order valence-electron chi connectivity index (χ0n) is 15.8. The highest BCUT2D eigenvalue weighted by Crippen LogP contribution is 2.30. The van der Waals surface area contributed by atoms with E-state index in [2.05, 4.69) is 23.5 Å². The Morgan fingerprint density at radius 1 is 1.04 bits per heavy atom. The molecule has 2 aromatic rings. The fourth-order valence-corrected chi connectivity index (χ4v) is 4.83. The van der Waals surface area contributed by atoms with E-state index in [1.165, 1.54) is 28.9 Å². The van der Waals surface area contributed by atoms with Crippen LogP contribution in [0.15, 0.2) is 35.7 Å². The lowest BCUT2D eigenvalue weighted by Gasteiger charge is -2.22. The zero-order valence-corrected chi connectivity index (χ0v) is 16.6. The molecule has 0 spiro atoms. The molecule has 1 N–H and O–H groups in total. The molecule has 1 aromatic heterocycles. The van der Waals surface area contributed by atoms with Crippen molar-refractivity contribution in [2.45, 2.75) is 51.0 Å². The first-order valence-corrected chi connectivity index (χ1v) is 10.8. The van der Waals surface area contributed by atoms with Crippen LogP contribution in [0.25, 0.3) is 0 Å². The van der Waals surface area contributed by atoms with Crippen LogP contribution in [0.3, 0.4) is 0 Å². The molecular formula is C22H24N2O3S. The normalized spacial score (nSPS) is 17.5. The summed E-state index contributed by atoms with van der Waals surface area (Å²) in [5, 5.41) is 5.13. The number of rotatable bonds is 6. The summed E-state index contributed by atoms with van der Waals surface area (Å²) in [7, 11) is 0. The number of nitrogens with zero attached hydrogens (tertiary/aromatic N) is 1. The molecule has 1 saturated heterocycles. The average molecular weight is 397 g/mol. The summed E-state index contributed by atoms with van der Waals surface area (Å²) in [6.45, 7) is 0.158. The van der Waals surface area contributed by atoms with Gasteiger partial charge in [-0.3, -0.25) is 19.3 Å². The zero-order chi connectivity index (χ0) is 19.5. The maximum Gasteiger partial charge on any atom is 0.229 e. The maximum absolute atomic E-state index is 12.6. The first-order valence-electron chi connectivity index (χ1n) is 9.89. The van der Waals surface area contributed by atoms with Crippen LogP contribution >= 0.6 is 11.3 Å². The predicted octanol–water partition coefficient (Wildman–Crippen LogP) is 3.37. The Bertz CT molecular complexity index is 875. The van der Waals surface area contributed by atoms with E-state index >= 15 is 0 Å². The van der Waals surface area contributed by atoms with Gasteiger partial charge in [0.25, 0.3) is 0 Å². The molecule has 5 nitrogen and oxygen atoms in total. The summed E-state index contributed by atoms with van der Waals surface area (Å²) >= 11 is 1.62. The Morgan fingerprint density at radius 2 is 1.79 bits per heavy atom. The van der Waals surface area contributed by atoms with Crippen molar-refractivity contribution in [2.75, 3.05) is 6.54 Å². The van der Waals surface area contributed by atoms with E-state index in [1.807, 2.05) is 17.5 Å². The second-order valence-electron chi connectivity index (χ2n) is 7.44. The molecule has 1 fully saturated rings. The van der Waals surface area contributed by atoms with Gasteiger partial charge in [-0.05, 0) is 53.8 Å². The first-order chi connectivity index (χ1) is 13.6. The molecule has 0 radical (unpaired) electrons. The summed E-state index contributed by atoms with van der Waals surface area (Å²) in [5.74, 6) is -0.506. The van der Waals surface area contributed by atoms with Gasteiger partial charge in [-0.2, -0.15) is 0 Å². The highest BCUT2D eigenvalue weighted by Gasteiger charge is 2.29. The van der Waals surface area contributed by atoms with E-state index in [-0.39, 0.29) is 49.6 Å². The third-order valence-corrected chi connectivity index (χ3v) is 6.49. The molecule has 2 aliphatic rings. The summed E-state index contributed by atoms with van der Waals surface area (Å²) < 4.78 is 0. The second kappa shape index (κ2) is 8.27. The lowest BCUT2D eigenvalue weighted by molar-refractivity contribution is -0.138. The average Bonchev–Trinajstić information content (AvgIpc) is 3.35. The molecule has 1 unspecified atom stereocenters. The van der Waals surface area contributed by atoms with Crippen LogP contribution in [0, 0.1) is 0 Å². The molecule has 6 heteroatoms. The minimum atomic E-state index is -0.204. The number of carbonyl (C=O) groups excluding carboxylic acids is 3. The molecule has 4 rings (SSSR count). The van der Waals surface area contributed by atoms with E-state index in [4.69, 9.17) is 0 Å². The van der Waals surface area contributed by atoms with Gasteiger partial charge in [0.1, 0.15) is 0 Å². The third-order valence-electron chi connectivity index (χ3n) is 5.56. The fraction of sp³-hybridized carbons (Fsp3) is 0.409. The van der Waals surface area contributed by atoms with Crippen molar-refractivity contribution in [1.82, 2.24) is 10.2 Å². The Balaban J connectivity index is 1.48. The molecule has 0 saturated carbocycles. The van der Waals surface area contributed by atoms with Gasteiger partial charge < -0.3 is 5.32 Å². The molecule has 1 atom stereocenters. The number of hydrogen-bond acceptors (Lipinski definition) is 4. The van der Waals surface area contributed by atoms with Crippen molar-refractivity contribution < 1.29 is 14.4 Å². The summed E-state index contributed by atoms with van der Waals surface area (Å²) in [6.07, 6.45) is 5.32. The van der Waals surface area contributed by atoms with Crippen molar-refractivity contribution >= 4 is 29.1 Å². The standard InChI is InChI=1S/C22H24N2O3S/c25-19(11-12-24-20(26)9-10-21(24)27)23-22(18-6-3-13-28-18)17-8-7-15-4-1-2-5-16(15)14-17/h3,6-8,13-14,22H,1-2,4-5,9-12H2,(H,23,25). The predicted molar refractivity (Wildman–Crippen MR) is 108 cm³/mol. The lowest BCUT2D eigenvalue weighted by Crippen LogP contribution is -2.35. The van der Waals surface area contributed by atoms with E-state index in [1.54, 1.807) is 11.3 Å². The number of nitrogens with one attached hydrogen (secondary N) is 1. The van der Waals surface area contributed by atoms with Crippen LogP contribution in [0.5, 0.6) is 0 Å². The molecule has 1 aliphatic carbocycles. The summed E-state index contributed by atoms with van der Waals surface area (Å²) in [6, 6.07) is 10.3. The molecule has 3 amide bonds. The smallest absolute Gasteiger partial charge is 0.229 e. The van der Waals surface area contributed by atoms with Crippen LogP contribution < -0.4 is 5.32 Å². The van der Waals surface area contributed by atoms with Crippen LogP contribution in [-0.4, -0.2) is 29.2 Å². The highest BCUT2D eigenvalue weighted by atomic mass is 32.1. The SMILES string of the molecule is O=C(CCN1C(=O)CCC1=O)NC(c1ccc2c(c1)CCCC2)c1cccs1. The fourth-order valence-electron chi connectivity index (χ4n) is 4.03. The van der Waals surface area contributed by atoms with Gasteiger partial charge in [-0.15, -0.1) is 11.3 Å². The van der Waals surface area contributed by atoms with Crippen molar-refractivity contribution in [3.05, 3.63) is 57.3 Å². The number of carbonyl (C=O) groups is 3. The molecule has 1 aliphatic heterocycles. The topological polar surface area (TPSA) is 66.5 Å². The Hall–Kier alpha value is -2.47. The molecule has 1 aromatic carbocycles. The van der Waals surface area contributed by atoms with Crippen molar-refractivity contribution in [3.8, 4) is 0 Å². The largest absolute Gasteiger partial charge is 0.344 e. The van der Waals surface area contributed by atoms with Gasteiger partial charge in [-0.1, -0.05) is 24.3 Å². The number of amides is 3. The minimum Gasteiger partial charge on any atom is -0.344 e. The number of benzene rings is 1. The van der Waals surface area contributed by atoms with Crippen LogP contribution in [0.2, 0.25) is 0 Å². The second-order valence-corrected chi connectivity index (χ2v) is 8.42. The summed E-state index contributed by atoms with van der Waals surface area (Å²) in [4.78, 5) is 38.4. The van der Waals surface area contributed by atoms with Gasteiger partial charge >= 0.3 is 0 Å². The van der Waals surface area contributed by atoms with E-state index in [9.17, 15) is 14.4 Å². The van der Waals surface area contributed by atoms with Crippen molar-refractivity contribution in [3.63, 3.8) is 0 Å². The number of thiophene rings is 1. The molecule has 146 valence electrons. The van der Waals surface area contributed by atoms with Crippen LogP contribution in [-0.2, 0) is 27.2 Å². The minimum absolute atomic E-state index is 0.129. The van der Waals surface area contributed by atoms with Gasteiger partial charge in [-0.25, -0.2) is 0 Å². The number of imide groups is 1. The molecule has 28 heavy (non-hydrogen) atoms. The number of fused-ring (bicyclic) bond motifs is 1. The molecule has 0 bridgehead atoms. The Kier molecular flexibility index (Phi) is 5.57. The van der Waals surface area contributed by atoms with Gasteiger partial charge in [0.2, 0.25) is 17.7 Å². The van der Waals surface area contributed by atoms with Crippen LogP contribution in [0.1, 0.15) is 59.7 Å². The van der Waals surface area contributed by atoms with E-state index in [0.717, 1.165) is 23.3 Å². The van der Waals surface area contributed by atoms with Gasteiger partial charge in [0.15, 0.2) is 0 Å². The quantitative estimate of drug-likeness (QED) is 0.762. The van der Waals surface area contributed by atoms with Crippen molar-refractivity contribution in [1.29, 1.82) is 0 Å². The third kappa shape index (κ3) is 4.02. The number of hydrogen-bond donors (Lipinski definition) is 1.